The number of thiazole rings is 1. The topological polar surface area (TPSA) is 77.8 Å². The molecule has 0 spiro atoms. The van der Waals surface area contributed by atoms with Gasteiger partial charge in [-0.05, 0) is 62.6 Å². The fourth-order valence-electron chi connectivity index (χ4n) is 3.44. The predicted octanol–water partition coefficient (Wildman–Crippen LogP) is 4.73. The third-order valence-electron chi connectivity index (χ3n) is 5.22. The maximum Gasteiger partial charge on any atom is 0.263 e. The summed E-state index contributed by atoms with van der Waals surface area (Å²) in [6.07, 6.45) is 6.92. The number of hydrogen-bond donors (Lipinski definition) is 2. The normalized spacial score (nSPS) is 14.7. The van der Waals surface area contributed by atoms with Crippen molar-refractivity contribution in [1.29, 1.82) is 5.26 Å². The number of nitrogens with one attached hydrogen (secondary N) is 2. The van der Waals surface area contributed by atoms with Gasteiger partial charge in [0.15, 0.2) is 5.13 Å². The summed E-state index contributed by atoms with van der Waals surface area (Å²) in [4.78, 5) is 18.1. The average molecular weight is 395 g/mol. The monoisotopic (exact) mass is 394 g/mol. The number of carbonyl (C=O) groups is 1. The molecular formula is C22H26N4OS. The van der Waals surface area contributed by atoms with Gasteiger partial charge in [-0.2, -0.15) is 5.26 Å². The summed E-state index contributed by atoms with van der Waals surface area (Å²) < 4.78 is 0. The lowest BCUT2D eigenvalue weighted by atomic mass is 9.88. The van der Waals surface area contributed by atoms with E-state index in [9.17, 15) is 10.1 Å². The molecule has 3 rings (SSSR count). The van der Waals surface area contributed by atoms with Gasteiger partial charge in [-0.1, -0.05) is 25.1 Å². The molecule has 6 heteroatoms. The molecule has 0 radical (unpaired) electrons. The summed E-state index contributed by atoms with van der Waals surface area (Å²) in [5.74, 6) is -0.371. The van der Waals surface area contributed by atoms with Crippen LogP contribution in [-0.2, 0) is 17.6 Å². The molecule has 1 aliphatic rings. The van der Waals surface area contributed by atoms with Crippen molar-refractivity contribution < 1.29 is 4.79 Å². The molecule has 1 aromatic carbocycles. The van der Waals surface area contributed by atoms with Gasteiger partial charge in [0.2, 0.25) is 0 Å². The minimum absolute atomic E-state index is 0.0434. The van der Waals surface area contributed by atoms with Gasteiger partial charge < -0.3 is 10.6 Å². The van der Waals surface area contributed by atoms with Gasteiger partial charge in [0.1, 0.15) is 11.6 Å². The molecule has 0 fully saturated rings. The van der Waals surface area contributed by atoms with Crippen molar-refractivity contribution in [2.24, 2.45) is 0 Å². The fraction of sp³-hybridized carbons (Fsp3) is 0.409. The largest absolute Gasteiger partial charge is 0.345 e. The predicted molar refractivity (Wildman–Crippen MR) is 113 cm³/mol. The number of aryl methyl sites for hydroxylation is 4. The van der Waals surface area contributed by atoms with E-state index in [-0.39, 0.29) is 17.5 Å². The van der Waals surface area contributed by atoms with Gasteiger partial charge in [-0.3, -0.25) is 4.79 Å². The van der Waals surface area contributed by atoms with Crippen LogP contribution in [0.5, 0.6) is 0 Å². The van der Waals surface area contributed by atoms with Gasteiger partial charge in [-0.25, -0.2) is 4.98 Å². The lowest BCUT2D eigenvalue weighted by Gasteiger charge is -2.21. The summed E-state index contributed by atoms with van der Waals surface area (Å²) in [7, 11) is 0. The molecule has 0 saturated carbocycles. The molecule has 1 atom stereocenters. The average Bonchev–Trinajstić information content (AvgIpc) is 3.03. The molecule has 1 amide bonds. The summed E-state index contributed by atoms with van der Waals surface area (Å²) in [5.41, 5.74) is 4.91. The Kier molecular flexibility index (Phi) is 6.48. The number of rotatable bonds is 6. The zero-order valence-electron chi connectivity index (χ0n) is 16.6. The first-order valence-corrected chi connectivity index (χ1v) is 10.6. The first-order chi connectivity index (χ1) is 13.5. The Labute approximate surface area is 170 Å². The van der Waals surface area contributed by atoms with Crippen molar-refractivity contribution >= 4 is 22.4 Å². The van der Waals surface area contributed by atoms with Crippen LogP contribution in [0.15, 0.2) is 30.0 Å². The highest BCUT2D eigenvalue weighted by atomic mass is 32.1. The fourth-order valence-corrected chi connectivity index (χ4v) is 4.23. The van der Waals surface area contributed by atoms with Gasteiger partial charge in [0.05, 0.1) is 11.7 Å². The number of carbonyl (C=O) groups excluding carboxylic acids is 1. The van der Waals surface area contributed by atoms with E-state index in [0.717, 1.165) is 35.4 Å². The van der Waals surface area contributed by atoms with E-state index >= 15 is 0 Å². The molecule has 1 aromatic heterocycles. The smallest absolute Gasteiger partial charge is 0.263 e. The molecule has 146 valence electrons. The second kappa shape index (κ2) is 9.03. The Bertz CT molecular complexity index is 919. The third-order valence-corrected chi connectivity index (χ3v) is 6.23. The first-order valence-electron chi connectivity index (χ1n) is 9.75. The Morgan fingerprint density at radius 3 is 2.71 bits per heavy atom. The lowest BCUT2D eigenvalue weighted by molar-refractivity contribution is -0.117. The highest BCUT2D eigenvalue weighted by molar-refractivity contribution is 7.15. The van der Waals surface area contributed by atoms with Crippen LogP contribution in [0.3, 0.4) is 0 Å². The van der Waals surface area contributed by atoms with E-state index < -0.39 is 0 Å². The van der Waals surface area contributed by atoms with Crippen LogP contribution >= 0.6 is 11.3 Å². The Morgan fingerprint density at radius 2 is 2.07 bits per heavy atom. The van der Waals surface area contributed by atoms with Crippen molar-refractivity contribution in [2.45, 2.75) is 58.9 Å². The Morgan fingerprint density at radius 1 is 1.32 bits per heavy atom. The summed E-state index contributed by atoms with van der Waals surface area (Å²) in [6, 6.07) is 8.39. The van der Waals surface area contributed by atoms with E-state index in [1.807, 2.05) is 26.8 Å². The van der Waals surface area contributed by atoms with E-state index in [0.29, 0.717) is 5.13 Å². The number of aromatic nitrogens is 1. The molecule has 28 heavy (non-hydrogen) atoms. The Hall–Kier alpha value is -2.65. The van der Waals surface area contributed by atoms with Crippen LogP contribution in [0, 0.1) is 25.2 Å². The molecule has 0 aliphatic heterocycles. The molecule has 1 unspecified atom stereocenters. The second-order valence-corrected chi connectivity index (χ2v) is 8.35. The number of fused-ring (bicyclic) bond motifs is 1. The van der Waals surface area contributed by atoms with Crippen molar-refractivity contribution in [1.82, 2.24) is 10.3 Å². The standard InChI is InChI=1S/C22H26N4OS/c1-4-20(18-10-9-16-7-5-6-8-17(16)11-18)26-21(27)19(12-23)13-24-22-25-14(2)15(3)28-22/h9-11,13,20H,4-8H2,1-3H3,(H,24,25)(H,26,27)/b19-13-. The first kappa shape index (κ1) is 20.1. The maximum atomic E-state index is 12.6. The van der Waals surface area contributed by atoms with Gasteiger partial charge in [-0.15, -0.1) is 11.3 Å². The van der Waals surface area contributed by atoms with Crippen LogP contribution in [0.4, 0.5) is 5.13 Å². The van der Waals surface area contributed by atoms with Crippen LogP contribution in [0.1, 0.15) is 59.5 Å². The lowest BCUT2D eigenvalue weighted by Crippen LogP contribution is -2.29. The molecule has 0 bridgehead atoms. The quantitative estimate of drug-likeness (QED) is 0.549. The minimum Gasteiger partial charge on any atom is -0.345 e. The number of nitriles is 1. The molecule has 1 heterocycles. The van der Waals surface area contributed by atoms with E-state index in [1.54, 1.807) is 0 Å². The highest BCUT2D eigenvalue weighted by Gasteiger charge is 2.18. The summed E-state index contributed by atoms with van der Waals surface area (Å²) in [6.45, 7) is 5.97. The van der Waals surface area contributed by atoms with Crippen molar-refractivity contribution in [3.8, 4) is 6.07 Å². The number of anilines is 1. The van der Waals surface area contributed by atoms with Crippen LogP contribution < -0.4 is 10.6 Å². The molecule has 2 N–H and O–H groups in total. The minimum atomic E-state index is -0.371. The van der Waals surface area contributed by atoms with Crippen molar-refractivity contribution in [2.75, 3.05) is 5.32 Å². The van der Waals surface area contributed by atoms with E-state index in [4.69, 9.17) is 0 Å². The summed E-state index contributed by atoms with van der Waals surface area (Å²) in [5, 5.41) is 16.1. The van der Waals surface area contributed by atoms with Crippen molar-refractivity contribution in [3.63, 3.8) is 0 Å². The maximum absolute atomic E-state index is 12.6. The highest BCUT2D eigenvalue weighted by Crippen LogP contribution is 2.26. The number of amides is 1. The summed E-state index contributed by atoms with van der Waals surface area (Å²) >= 11 is 1.50. The van der Waals surface area contributed by atoms with Crippen molar-refractivity contribution in [3.05, 3.63) is 57.2 Å². The van der Waals surface area contributed by atoms with Crippen LogP contribution in [0.2, 0.25) is 0 Å². The molecular weight excluding hydrogens is 368 g/mol. The molecule has 0 saturated heterocycles. The van der Waals surface area contributed by atoms with Gasteiger partial charge in [0, 0.05) is 11.1 Å². The molecule has 1 aliphatic carbocycles. The molecule has 5 nitrogen and oxygen atoms in total. The SMILES string of the molecule is CCC(NC(=O)/C(C#N)=C\Nc1nc(C)c(C)s1)c1ccc2c(c1)CCCC2. The number of benzene rings is 1. The zero-order valence-corrected chi connectivity index (χ0v) is 17.4. The van der Waals surface area contributed by atoms with E-state index in [2.05, 4.69) is 33.8 Å². The number of nitrogens with zero attached hydrogens (tertiary/aromatic N) is 2. The van der Waals surface area contributed by atoms with Gasteiger partial charge >= 0.3 is 0 Å². The van der Waals surface area contributed by atoms with E-state index in [1.165, 1.54) is 41.5 Å². The van der Waals surface area contributed by atoms with Gasteiger partial charge in [0.25, 0.3) is 5.91 Å². The Balaban J connectivity index is 1.71. The third kappa shape index (κ3) is 4.60. The van der Waals surface area contributed by atoms with Crippen LogP contribution in [-0.4, -0.2) is 10.9 Å². The number of hydrogen-bond acceptors (Lipinski definition) is 5. The van der Waals surface area contributed by atoms with Crippen LogP contribution in [0.25, 0.3) is 0 Å². The molecule has 2 aromatic rings. The second-order valence-electron chi connectivity index (χ2n) is 7.14. The zero-order chi connectivity index (χ0) is 20.1.